The molecule has 0 atom stereocenters. The zero-order valence-electron chi connectivity index (χ0n) is 14.4. The molecule has 0 spiro atoms. The molecular weight excluding hydrogens is 344 g/mol. The SMILES string of the molecule is O=S(=O)(Nc1ccc(NCCCc2ccccc2)cc1)c1ccccc1. The van der Waals surface area contributed by atoms with Gasteiger partial charge in [0.15, 0.2) is 0 Å². The number of rotatable bonds is 8. The fraction of sp³-hybridized carbons (Fsp3) is 0.143. The van der Waals surface area contributed by atoms with Gasteiger partial charge in [0.2, 0.25) is 0 Å². The summed E-state index contributed by atoms with van der Waals surface area (Å²) in [5.41, 5.74) is 2.85. The number of hydrogen-bond acceptors (Lipinski definition) is 3. The third kappa shape index (κ3) is 5.10. The molecule has 0 aliphatic heterocycles. The van der Waals surface area contributed by atoms with Crippen LogP contribution in [0.15, 0.2) is 89.8 Å². The molecule has 0 saturated heterocycles. The lowest BCUT2D eigenvalue weighted by molar-refractivity contribution is 0.601. The molecule has 0 heterocycles. The van der Waals surface area contributed by atoms with Gasteiger partial charge in [0.1, 0.15) is 0 Å². The lowest BCUT2D eigenvalue weighted by Gasteiger charge is -2.10. The highest BCUT2D eigenvalue weighted by Gasteiger charge is 2.12. The van der Waals surface area contributed by atoms with Crippen LogP contribution in [-0.2, 0) is 16.4 Å². The Labute approximate surface area is 155 Å². The highest BCUT2D eigenvalue weighted by molar-refractivity contribution is 7.92. The Hall–Kier alpha value is -2.79. The van der Waals surface area contributed by atoms with E-state index in [0.717, 1.165) is 25.1 Å². The van der Waals surface area contributed by atoms with Crippen molar-refractivity contribution in [3.05, 3.63) is 90.5 Å². The fourth-order valence-electron chi connectivity index (χ4n) is 2.64. The minimum Gasteiger partial charge on any atom is -0.385 e. The van der Waals surface area contributed by atoms with Crippen LogP contribution in [0.5, 0.6) is 0 Å². The highest BCUT2D eigenvalue weighted by Crippen LogP contribution is 2.18. The maximum Gasteiger partial charge on any atom is 0.261 e. The predicted octanol–water partition coefficient (Wildman–Crippen LogP) is 4.53. The average Bonchev–Trinajstić information content (AvgIpc) is 2.68. The van der Waals surface area contributed by atoms with E-state index in [1.54, 1.807) is 42.5 Å². The van der Waals surface area contributed by atoms with E-state index >= 15 is 0 Å². The molecule has 0 aliphatic carbocycles. The van der Waals surface area contributed by atoms with E-state index in [2.05, 4.69) is 34.3 Å². The molecule has 0 radical (unpaired) electrons. The quantitative estimate of drug-likeness (QED) is 0.576. The summed E-state index contributed by atoms with van der Waals surface area (Å²) in [6.07, 6.45) is 2.06. The summed E-state index contributed by atoms with van der Waals surface area (Å²) in [7, 11) is -3.55. The van der Waals surface area contributed by atoms with Gasteiger partial charge in [0, 0.05) is 17.9 Å². The Morgan fingerprint density at radius 2 is 1.27 bits per heavy atom. The van der Waals surface area contributed by atoms with Gasteiger partial charge in [-0.05, 0) is 54.8 Å². The molecule has 3 aromatic rings. The van der Waals surface area contributed by atoms with Crippen LogP contribution in [-0.4, -0.2) is 15.0 Å². The molecule has 134 valence electrons. The second-order valence-electron chi connectivity index (χ2n) is 6.01. The zero-order chi connectivity index (χ0) is 18.2. The molecule has 26 heavy (non-hydrogen) atoms. The van der Waals surface area contributed by atoms with Crippen molar-refractivity contribution in [1.29, 1.82) is 0 Å². The average molecular weight is 366 g/mol. The van der Waals surface area contributed by atoms with Crippen LogP contribution < -0.4 is 10.0 Å². The zero-order valence-corrected chi connectivity index (χ0v) is 15.2. The molecule has 4 nitrogen and oxygen atoms in total. The Morgan fingerprint density at radius 3 is 1.92 bits per heavy atom. The number of aryl methyl sites for hydroxylation is 1. The van der Waals surface area contributed by atoms with Crippen molar-refractivity contribution in [3.63, 3.8) is 0 Å². The molecule has 0 bridgehead atoms. The first-order valence-corrected chi connectivity index (χ1v) is 10.1. The van der Waals surface area contributed by atoms with Gasteiger partial charge in [-0.25, -0.2) is 8.42 Å². The lowest BCUT2D eigenvalue weighted by Crippen LogP contribution is -2.12. The van der Waals surface area contributed by atoms with Crippen molar-refractivity contribution in [2.45, 2.75) is 17.7 Å². The Kier molecular flexibility index (Phi) is 5.92. The van der Waals surface area contributed by atoms with Crippen LogP contribution in [0.2, 0.25) is 0 Å². The van der Waals surface area contributed by atoms with Gasteiger partial charge in [0.05, 0.1) is 4.90 Å². The van der Waals surface area contributed by atoms with E-state index in [0.29, 0.717) is 5.69 Å². The van der Waals surface area contributed by atoms with Crippen molar-refractivity contribution < 1.29 is 8.42 Å². The number of sulfonamides is 1. The first-order chi connectivity index (χ1) is 12.6. The van der Waals surface area contributed by atoms with E-state index in [4.69, 9.17) is 0 Å². The van der Waals surface area contributed by atoms with E-state index in [9.17, 15) is 8.42 Å². The second kappa shape index (κ2) is 8.54. The summed E-state index contributed by atoms with van der Waals surface area (Å²) in [5.74, 6) is 0. The Morgan fingerprint density at radius 1 is 0.692 bits per heavy atom. The minimum absolute atomic E-state index is 0.253. The fourth-order valence-corrected chi connectivity index (χ4v) is 3.72. The molecule has 2 N–H and O–H groups in total. The molecule has 5 heteroatoms. The van der Waals surface area contributed by atoms with E-state index in [-0.39, 0.29) is 4.90 Å². The van der Waals surface area contributed by atoms with Crippen molar-refractivity contribution in [1.82, 2.24) is 0 Å². The van der Waals surface area contributed by atoms with Crippen molar-refractivity contribution in [3.8, 4) is 0 Å². The molecule has 0 amide bonds. The van der Waals surface area contributed by atoms with Crippen LogP contribution in [0.25, 0.3) is 0 Å². The predicted molar refractivity (Wildman–Crippen MR) is 107 cm³/mol. The first kappa shape index (κ1) is 18.0. The summed E-state index contributed by atoms with van der Waals surface area (Å²) in [5, 5.41) is 3.36. The Balaban J connectivity index is 1.50. The lowest BCUT2D eigenvalue weighted by atomic mass is 10.1. The van der Waals surface area contributed by atoms with Gasteiger partial charge in [-0.1, -0.05) is 48.5 Å². The van der Waals surface area contributed by atoms with Crippen molar-refractivity contribution >= 4 is 21.4 Å². The molecule has 0 fully saturated rings. The molecule has 0 unspecified atom stereocenters. The number of hydrogen-bond donors (Lipinski definition) is 2. The second-order valence-corrected chi connectivity index (χ2v) is 7.69. The largest absolute Gasteiger partial charge is 0.385 e. The summed E-state index contributed by atoms with van der Waals surface area (Å²) in [4.78, 5) is 0.253. The normalized spacial score (nSPS) is 11.1. The smallest absolute Gasteiger partial charge is 0.261 e. The standard InChI is InChI=1S/C21H22N2O2S/c24-26(25,21-11-5-2-6-12-21)23-20-15-13-19(14-16-20)22-17-7-10-18-8-3-1-4-9-18/h1-6,8-9,11-16,22-23H,7,10,17H2. The maximum absolute atomic E-state index is 12.3. The maximum atomic E-state index is 12.3. The van der Waals surface area contributed by atoms with Crippen LogP contribution in [0.1, 0.15) is 12.0 Å². The van der Waals surface area contributed by atoms with Crippen LogP contribution in [0.4, 0.5) is 11.4 Å². The number of nitrogens with one attached hydrogen (secondary N) is 2. The van der Waals surface area contributed by atoms with Crippen LogP contribution in [0, 0.1) is 0 Å². The van der Waals surface area contributed by atoms with Gasteiger partial charge < -0.3 is 5.32 Å². The van der Waals surface area contributed by atoms with Gasteiger partial charge in [-0.3, -0.25) is 4.72 Å². The van der Waals surface area contributed by atoms with Gasteiger partial charge >= 0.3 is 0 Å². The third-order valence-electron chi connectivity index (χ3n) is 4.00. The molecular formula is C21H22N2O2S. The van der Waals surface area contributed by atoms with Gasteiger partial charge in [0.25, 0.3) is 10.0 Å². The number of benzene rings is 3. The topological polar surface area (TPSA) is 58.2 Å². The molecule has 0 saturated carbocycles. The van der Waals surface area contributed by atoms with Crippen molar-refractivity contribution in [2.24, 2.45) is 0 Å². The van der Waals surface area contributed by atoms with Gasteiger partial charge in [-0.2, -0.15) is 0 Å². The Bertz CT molecular complexity index is 909. The van der Waals surface area contributed by atoms with Crippen LogP contribution >= 0.6 is 0 Å². The molecule has 3 rings (SSSR count). The summed E-state index contributed by atoms with van der Waals surface area (Å²) >= 11 is 0. The van der Waals surface area contributed by atoms with E-state index < -0.39 is 10.0 Å². The van der Waals surface area contributed by atoms with E-state index in [1.807, 2.05) is 18.2 Å². The molecule has 0 aromatic heterocycles. The summed E-state index contributed by atoms with van der Waals surface area (Å²) in [6, 6.07) is 26.0. The van der Waals surface area contributed by atoms with Crippen LogP contribution in [0.3, 0.4) is 0 Å². The molecule has 0 aliphatic rings. The summed E-state index contributed by atoms with van der Waals surface area (Å²) in [6.45, 7) is 0.865. The highest BCUT2D eigenvalue weighted by atomic mass is 32.2. The third-order valence-corrected chi connectivity index (χ3v) is 5.40. The van der Waals surface area contributed by atoms with Gasteiger partial charge in [-0.15, -0.1) is 0 Å². The number of anilines is 2. The minimum atomic E-state index is -3.55. The molecule has 3 aromatic carbocycles. The van der Waals surface area contributed by atoms with Crippen molar-refractivity contribution in [2.75, 3.05) is 16.6 Å². The monoisotopic (exact) mass is 366 g/mol. The summed E-state index contributed by atoms with van der Waals surface area (Å²) < 4.78 is 27.2. The first-order valence-electron chi connectivity index (χ1n) is 8.59. The van der Waals surface area contributed by atoms with E-state index in [1.165, 1.54) is 5.56 Å².